The predicted molar refractivity (Wildman–Crippen MR) is 120 cm³/mol. The zero-order chi connectivity index (χ0) is 20.5. The number of carbonyl (C=O) groups excluding carboxylic acids is 1. The molecule has 1 amide bonds. The Kier molecular flexibility index (Phi) is 7.28. The van der Waals surface area contributed by atoms with Gasteiger partial charge in [-0.1, -0.05) is 54.6 Å². The van der Waals surface area contributed by atoms with Crippen LogP contribution in [0.25, 0.3) is 0 Å². The number of para-hydroxylation sites is 2. The summed E-state index contributed by atoms with van der Waals surface area (Å²) in [5.41, 5.74) is 5.33. The van der Waals surface area contributed by atoms with Crippen LogP contribution in [-0.2, 0) is 11.2 Å². The molecule has 0 saturated carbocycles. The minimum absolute atomic E-state index is 0.105. The molecule has 0 bridgehead atoms. The van der Waals surface area contributed by atoms with E-state index in [1.54, 1.807) is 0 Å². The van der Waals surface area contributed by atoms with Crippen LogP contribution in [0.3, 0.4) is 0 Å². The molecule has 4 heteroatoms. The highest BCUT2D eigenvalue weighted by molar-refractivity contribution is 5.95. The van der Waals surface area contributed by atoms with Crippen molar-refractivity contribution in [3.05, 3.63) is 89.5 Å². The Labute approximate surface area is 172 Å². The molecule has 0 saturated heterocycles. The Morgan fingerprint density at radius 3 is 2.41 bits per heavy atom. The van der Waals surface area contributed by atoms with Gasteiger partial charge in [-0.15, -0.1) is 0 Å². The van der Waals surface area contributed by atoms with E-state index in [1.807, 2.05) is 61.5 Å². The van der Waals surface area contributed by atoms with Crippen molar-refractivity contribution in [2.24, 2.45) is 0 Å². The Morgan fingerprint density at radius 1 is 0.862 bits per heavy atom. The average molecular weight is 389 g/mol. The lowest BCUT2D eigenvalue weighted by Gasteiger charge is -2.14. The summed E-state index contributed by atoms with van der Waals surface area (Å²) in [4.78, 5) is 12.4. The molecule has 4 nitrogen and oxygen atoms in total. The second-order valence-corrected chi connectivity index (χ2v) is 7.08. The zero-order valence-corrected chi connectivity index (χ0v) is 17.1. The summed E-state index contributed by atoms with van der Waals surface area (Å²) in [5, 5.41) is 6.16. The van der Waals surface area contributed by atoms with E-state index in [0.29, 0.717) is 18.0 Å². The van der Waals surface area contributed by atoms with E-state index in [-0.39, 0.29) is 12.5 Å². The number of benzene rings is 3. The highest BCUT2D eigenvalue weighted by Gasteiger charge is 2.09. The molecule has 0 spiro atoms. The summed E-state index contributed by atoms with van der Waals surface area (Å²) < 4.78 is 5.92. The normalized spacial score (nSPS) is 10.4. The standard InChI is InChI=1S/C25H28N2O2/c1-19-10-8-15-22(20(19)2)26-18-25(28)27-23-14-6-7-16-24(23)29-17-9-13-21-11-4-3-5-12-21/h3-8,10-12,14-16,26H,9,13,17-18H2,1-2H3,(H,27,28). The molecule has 3 aromatic carbocycles. The molecule has 2 N–H and O–H groups in total. The van der Waals surface area contributed by atoms with Crippen molar-refractivity contribution in [3.63, 3.8) is 0 Å². The molecule has 0 aliphatic carbocycles. The van der Waals surface area contributed by atoms with Crippen molar-refractivity contribution in [1.29, 1.82) is 0 Å². The summed E-state index contributed by atoms with van der Waals surface area (Å²) in [6.07, 6.45) is 1.88. The van der Waals surface area contributed by atoms with E-state index >= 15 is 0 Å². The number of anilines is 2. The molecule has 0 aromatic heterocycles. The minimum Gasteiger partial charge on any atom is -0.491 e. The van der Waals surface area contributed by atoms with Gasteiger partial charge in [-0.25, -0.2) is 0 Å². The monoisotopic (exact) mass is 388 g/mol. The Morgan fingerprint density at radius 2 is 1.59 bits per heavy atom. The second-order valence-electron chi connectivity index (χ2n) is 7.08. The van der Waals surface area contributed by atoms with E-state index in [4.69, 9.17) is 4.74 Å². The summed E-state index contributed by atoms with van der Waals surface area (Å²) in [5.74, 6) is 0.590. The van der Waals surface area contributed by atoms with Gasteiger partial charge in [-0.3, -0.25) is 4.79 Å². The van der Waals surface area contributed by atoms with Gasteiger partial charge in [-0.05, 0) is 61.6 Å². The fourth-order valence-electron chi connectivity index (χ4n) is 3.11. The highest BCUT2D eigenvalue weighted by atomic mass is 16.5. The van der Waals surface area contributed by atoms with Gasteiger partial charge in [0.1, 0.15) is 5.75 Å². The molecule has 0 heterocycles. The Balaban J connectivity index is 1.50. The first kappa shape index (κ1) is 20.5. The van der Waals surface area contributed by atoms with Crippen LogP contribution in [0.5, 0.6) is 5.75 Å². The van der Waals surface area contributed by atoms with Gasteiger partial charge in [0, 0.05) is 5.69 Å². The molecule has 150 valence electrons. The van der Waals surface area contributed by atoms with Crippen LogP contribution in [0.15, 0.2) is 72.8 Å². The summed E-state index contributed by atoms with van der Waals surface area (Å²) in [6.45, 7) is 4.91. The van der Waals surface area contributed by atoms with Crippen molar-refractivity contribution < 1.29 is 9.53 Å². The third-order valence-electron chi connectivity index (χ3n) is 4.92. The fraction of sp³-hybridized carbons (Fsp3) is 0.240. The third-order valence-corrected chi connectivity index (χ3v) is 4.92. The SMILES string of the molecule is Cc1cccc(NCC(=O)Nc2ccccc2OCCCc2ccccc2)c1C. The van der Waals surface area contributed by atoms with Crippen LogP contribution in [0.4, 0.5) is 11.4 Å². The molecule has 0 atom stereocenters. The first-order valence-electron chi connectivity index (χ1n) is 9.99. The van der Waals surface area contributed by atoms with Crippen molar-refractivity contribution in [2.75, 3.05) is 23.8 Å². The molecule has 0 radical (unpaired) electrons. The van der Waals surface area contributed by atoms with Gasteiger partial charge < -0.3 is 15.4 Å². The predicted octanol–water partition coefficient (Wildman–Crippen LogP) is 5.37. The second kappa shape index (κ2) is 10.3. The quantitative estimate of drug-likeness (QED) is 0.485. The van der Waals surface area contributed by atoms with Gasteiger partial charge in [-0.2, -0.15) is 0 Å². The minimum atomic E-state index is -0.105. The van der Waals surface area contributed by atoms with Gasteiger partial charge in [0.25, 0.3) is 0 Å². The lowest BCUT2D eigenvalue weighted by atomic mass is 10.1. The number of aryl methyl sites for hydroxylation is 2. The topological polar surface area (TPSA) is 50.4 Å². The van der Waals surface area contributed by atoms with Gasteiger partial charge in [0.2, 0.25) is 5.91 Å². The number of nitrogens with one attached hydrogen (secondary N) is 2. The van der Waals surface area contributed by atoms with Crippen molar-refractivity contribution in [1.82, 2.24) is 0 Å². The zero-order valence-electron chi connectivity index (χ0n) is 17.1. The van der Waals surface area contributed by atoms with Crippen LogP contribution < -0.4 is 15.4 Å². The summed E-state index contributed by atoms with van der Waals surface area (Å²) in [7, 11) is 0. The van der Waals surface area contributed by atoms with Gasteiger partial charge in [0.15, 0.2) is 0 Å². The number of rotatable bonds is 9. The largest absolute Gasteiger partial charge is 0.491 e. The Bertz CT molecular complexity index is 939. The molecular formula is C25H28N2O2. The number of ether oxygens (including phenoxy) is 1. The first-order chi connectivity index (χ1) is 14.1. The third kappa shape index (κ3) is 6.11. The molecule has 0 aliphatic heterocycles. The van der Waals surface area contributed by atoms with Crippen LogP contribution in [-0.4, -0.2) is 19.1 Å². The van der Waals surface area contributed by atoms with Crippen LogP contribution in [0.2, 0.25) is 0 Å². The van der Waals surface area contributed by atoms with Gasteiger partial charge in [0.05, 0.1) is 18.8 Å². The fourth-order valence-corrected chi connectivity index (χ4v) is 3.11. The van der Waals surface area contributed by atoms with E-state index in [2.05, 4.69) is 35.8 Å². The lowest BCUT2D eigenvalue weighted by molar-refractivity contribution is -0.114. The van der Waals surface area contributed by atoms with E-state index in [0.717, 1.165) is 24.1 Å². The van der Waals surface area contributed by atoms with Crippen LogP contribution in [0, 0.1) is 13.8 Å². The van der Waals surface area contributed by atoms with Crippen LogP contribution >= 0.6 is 0 Å². The average Bonchev–Trinajstić information content (AvgIpc) is 2.74. The first-order valence-corrected chi connectivity index (χ1v) is 9.99. The maximum atomic E-state index is 12.4. The van der Waals surface area contributed by atoms with Gasteiger partial charge >= 0.3 is 0 Å². The number of amides is 1. The number of carbonyl (C=O) groups is 1. The number of hydrogen-bond donors (Lipinski definition) is 2. The molecular weight excluding hydrogens is 360 g/mol. The Hall–Kier alpha value is -3.27. The number of hydrogen-bond acceptors (Lipinski definition) is 3. The van der Waals surface area contributed by atoms with Crippen molar-refractivity contribution >= 4 is 17.3 Å². The molecule has 3 rings (SSSR count). The van der Waals surface area contributed by atoms with Crippen molar-refractivity contribution in [3.8, 4) is 5.75 Å². The molecule has 0 unspecified atom stereocenters. The lowest BCUT2D eigenvalue weighted by Crippen LogP contribution is -2.22. The van der Waals surface area contributed by atoms with Crippen molar-refractivity contribution in [2.45, 2.75) is 26.7 Å². The molecule has 0 fully saturated rings. The van der Waals surface area contributed by atoms with E-state index < -0.39 is 0 Å². The van der Waals surface area contributed by atoms with E-state index in [9.17, 15) is 4.79 Å². The summed E-state index contributed by atoms with van der Waals surface area (Å²) >= 11 is 0. The smallest absolute Gasteiger partial charge is 0.243 e. The maximum absolute atomic E-state index is 12.4. The summed E-state index contributed by atoms with van der Waals surface area (Å²) in [6, 6.07) is 24.0. The van der Waals surface area contributed by atoms with E-state index in [1.165, 1.54) is 11.1 Å². The highest BCUT2D eigenvalue weighted by Crippen LogP contribution is 2.24. The maximum Gasteiger partial charge on any atom is 0.243 e. The molecule has 0 aliphatic rings. The van der Waals surface area contributed by atoms with Crippen LogP contribution in [0.1, 0.15) is 23.1 Å². The molecule has 3 aromatic rings. The molecule has 29 heavy (non-hydrogen) atoms.